The van der Waals surface area contributed by atoms with Crippen LogP contribution < -0.4 is 4.74 Å². The van der Waals surface area contributed by atoms with E-state index in [9.17, 15) is 8.78 Å². The molecule has 0 N–H and O–H groups in total. The van der Waals surface area contributed by atoms with Gasteiger partial charge in [-0.2, -0.15) is 8.78 Å². The largest absolute Gasteiger partial charge is 0.435 e. The van der Waals surface area contributed by atoms with Gasteiger partial charge in [0.05, 0.1) is 0 Å². The highest BCUT2D eigenvalue weighted by Gasteiger charge is 2.04. The van der Waals surface area contributed by atoms with Crippen molar-refractivity contribution in [2.75, 3.05) is 0 Å². The fourth-order valence-electron chi connectivity index (χ4n) is 1.11. The average molecular weight is 200 g/mol. The lowest BCUT2D eigenvalue weighted by Crippen LogP contribution is -2.01. The van der Waals surface area contributed by atoms with Crippen LogP contribution in [0.5, 0.6) is 5.75 Å². The van der Waals surface area contributed by atoms with Gasteiger partial charge >= 0.3 is 6.61 Å². The lowest BCUT2D eigenvalue weighted by Gasteiger charge is -2.03. The van der Waals surface area contributed by atoms with Crippen molar-refractivity contribution in [2.45, 2.75) is 6.61 Å². The Morgan fingerprint density at radius 2 is 2.08 bits per heavy atom. The quantitative estimate of drug-likeness (QED) is 0.720. The summed E-state index contributed by atoms with van der Waals surface area (Å²) in [6.07, 6.45) is 0. The number of rotatable bonds is 2. The molecule has 1 heterocycles. The van der Waals surface area contributed by atoms with Gasteiger partial charge in [0.1, 0.15) is 5.75 Å². The highest BCUT2D eigenvalue weighted by Crippen LogP contribution is 2.26. The second-order valence-corrected chi connectivity index (χ2v) is 3.45. The predicted octanol–water partition coefficient (Wildman–Crippen LogP) is 3.50. The molecule has 1 aromatic carbocycles. The maximum atomic E-state index is 11.8. The molecular weight excluding hydrogens is 194 g/mol. The number of benzene rings is 1. The number of alkyl halides is 2. The molecule has 68 valence electrons. The van der Waals surface area contributed by atoms with E-state index in [0.717, 1.165) is 10.1 Å². The molecule has 0 saturated heterocycles. The molecule has 0 fully saturated rings. The molecule has 0 aliphatic rings. The first-order valence-electron chi connectivity index (χ1n) is 3.68. The van der Waals surface area contributed by atoms with Gasteiger partial charge in [0.2, 0.25) is 0 Å². The van der Waals surface area contributed by atoms with Gasteiger partial charge in [-0.05, 0) is 35.0 Å². The summed E-state index contributed by atoms with van der Waals surface area (Å²) in [5.41, 5.74) is 0. The molecule has 1 nitrogen and oxygen atoms in total. The van der Waals surface area contributed by atoms with Gasteiger partial charge in [-0.25, -0.2) is 0 Å². The third-order valence-electron chi connectivity index (χ3n) is 1.65. The van der Waals surface area contributed by atoms with Crippen molar-refractivity contribution in [3.05, 3.63) is 29.6 Å². The topological polar surface area (TPSA) is 9.23 Å². The second-order valence-electron chi connectivity index (χ2n) is 2.50. The summed E-state index contributed by atoms with van der Waals surface area (Å²) in [6.45, 7) is -2.75. The standard InChI is InChI=1S/C9H6F2OS/c10-9(11)12-7-2-1-6-3-4-13-8(6)5-7/h1-5,9H. The van der Waals surface area contributed by atoms with Crippen LogP contribution in [0.25, 0.3) is 10.1 Å². The highest BCUT2D eigenvalue weighted by molar-refractivity contribution is 7.17. The van der Waals surface area contributed by atoms with Gasteiger partial charge in [0.15, 0.2) is 0 Å². The number of ether oxygens (including phenoxy) is 1. The summed E-state index contributed by atoms with van der Waals surface area (Å²) in [5.74, 6) is 0.213. The third-order valence-corrected chi connectivity index (χ3v) is 2.53. The Morgan fingerprint density at radius 3 is 2.85 bits per heavy atom. The molecule has 13 heavy (non-hydrogen) atoms. The number of hydrogen-bond donors (Lipinski definition) is 0. The van der Waals surface area contributed by atoms with E-state index in [0.29, 0.717) is 0 Å². The second kappa shape index (κ2) is 3.30. The Bertz CT molecular complexity index is 411. The smallest absolute Gasteiger partial charge is 0.387 e. The van der Waals surface area contributed by atoms with Crippen LogP contribution in [0.15, 0.2) is 29.6 Å². The first-order chi connectivity index (χ1) is 6.25. The van der Waals surface area contributed by atoms with Crippen molar-refractivity contribution >= 4 is 21.4 Å². The molecule has 0 atom stereocenters. The molecule has 0 aliphatic carbocycles. The van der Waals surface area contributed by atoms with E-state index in [4.69, 9.17) is 0 Å². The van der Waals surface area contributed by atoms with E-state index < -0.39 is 6.61 Å². The Labute approximate surface area is 77.6 Å². The normalized spacial score (nSPS) is 11.0. The fourth-order valence-corrected chi connectivity index (χ4v) is 1.93. The zero-order chi connectivity index (χ0) is 9.26. The summed E-state index contributed by atoms with van der Waals surface area (Å²) in [7, 11) is 0. The summed E-state index contributed by atoms with van der Waals surface area (Å²) < 4.78 is 28.9. The molecule has 0 saturated carbocycles. The van der Waals surface area contributed by atoms with Gasteiger partial charge in [-0.3, -0.25) is 0 Å². The van der Waals surface area contributed by atoms with Crippen LogP contribution in [0, 0.1) is 0 Å². The van der Waals surface area contributed by atoms with Crippen LogP contribution >= 0.6 is 11.3 Å². The lowest BCUT2D eigenvalue weighted by molar-refractivity contribution is -0.0497. The molecule has 0 spiro atoms. The average Bonchev–Trinajstić information content (AvgIpc) is 2.49. The highest BCUT2D eigenvalue weighted by atomic mass is 32.1. The first kappa shape index (κ1) is 8.44. The molecule has 0 amide bonds. The third kappa shape index (κ3) is 1.78. The van der Waals surface area contributed by atoms with E-state index in [-0.39, 0.29) is 5.75 Å². The Kier molecular flexibility index (Phi) is 2.14. The minimum Gasteiger partial charge on any atom is -0.435 e. The summed E-state index contributed by atoms with van der Waals surface area (Å²) in [4.78, 5) is 0. The maximum absolute atomic E-state index is 11.8. The number of thiophene rings is 1. The van der Waals surface area contributed by atoms with Crippen molar-refractivity contribution in [1.82, 2.24) is 0 Å². The molecule has 1 aromatic heterocycles. The van der Waals surface area contributed by atoms with E-state index in [1.165, 1.54) is 11.3 Å². The van der Waals surface area contributed by atoms with E-state index in [2.05, 4.69) is 4.74 Å². The molecule has 0 unspecified atom stereocenters. The van der Waals surface area contributed by atoms with E-state index in [1.807, 2.05) is 11.4 Å². The number of halogens is 2. The number of fused-ring (bicyclic) bond motifs is 1. The van der Waals surface area contributed by atoms with Crippen LogP contribution in [-0.4, -0.2) is 6.61 Å². The van der Waals surface area contributed by atoms with Gasteiger partial charge in [-0.15, -0.1) is 11.3 Å². The molecule has 0 radical (unpaired) electrons. The van der Waals surface area contributed by atoms with Crippen molar-refractivity contribution < 1.29 is 13.5 Å². The van der Waals surface area contributed by atoms with Crippen LogP contribution in [0.4, 0.5) is 8.78 Å². The van der Waals surface area contributed by atoms with Crippen LogP contribution in [-0.2, 0) is 0 Å². The van der Waals surface area contributed by atoms with Gasteiger partial charge in [-0.1, -0.05) is 0 Å². The lowest BCUT2D eigenvalue weighted by atomic mass is 10.2. The first-order valence-corrected chi connectivity index (χ1v) is 4.56. The van der Waals surface area contributed by atoms with Crippen molar-refractivity contribution in [1.29, 1.82) is 0 Å². The number of hydrogen-bond acceptors (Lipinski definition) is 2. The van der Waals surface area contributed by atoms with Crippen molar-refractivity contribution in [3.63, 3.8) is 0 Å². The fraction of sp³-hybridized carbons (Fsp3) is 0.111. The molecule has 0 bridgehead atoms. The SMILES string of the molecule is FC(F)Oc1ccc2ccsc2c1. The van der Waals surface area contributed by atoms with E-state index >= 15 is 0 Å². The summed E-state index contributed by atoms with van der Waals surface area (Å²) in [6, 6.07) is 6.86. The molecule has 0 aliphatic heterocycles. The monoisotopic (exact) mass is 200 g/mol. The zero-order valence-electron chi connectivity index (χ0n) is 6.54. The maximum Gasteiger partial charge on any atom is 0.387 e. The summed E-state index contributed by atoms with van der Waals surface area (Å²) >= 11 is 1.50. The van der Waals surface area contributed by atoms with Crippen LogP contribution in [0.1, 0.15) is 0 Å². The molecule has 2 aromatic rings. The molecule has 4 heteroatoms. The van der Waals surface area contributed by atoms with Crippen LogP contribution in [0.3, 0.4) is 0 Å². The minimum atomic E-state index is -2.75. The van der Waals surface area contributed by atoms with Gasteiger partial charge in [0, 0.05) is 4.70 Å². The Morgan fingerprint density at radius 1 is 1.23 bits per heavy atom. The van der Waals surface area contributed by atoms with E-state index in [1.54, 1.807) is 18.2 Å². The van der Waals surface area contributed by atoms with Gasteiger partial charge < -0.3 is 4.74 Å². The van der Waals surface area contributed by atoms with Crippen molar-refractivity contribution in [3.8, 4) is 5.75 Å². The molecule has 2 rings (SSSR count). The Balaban J connectivity index is 2.37. The summed E-state index contributed by atoms with van der Waals surface area (Å²) in [5, 5.41) is 2.96. The predicted molar refractivity (Wildman–Crippen MR) is 48.5 cm³/mol. The van der Waals surface area contributed by atoms with Gasteiger partial charge in [0.25, 0.3) is 0 Å². The van der Waals surface area contributed by atoms with Crippen molar-refractivity contribution in [2.24, 2.45) is 0 Å². The minimum absolute atomic E-state index is 0.213. The Hall–Kier alpha value is -1.16. The molecular formula is C9H6F2OS. The zero-order valence-corrected chi connectivity index (χ0v) is 7.35. The van der Waals surface area contributed by atoms with Crippen LogP contribution in [0.2, 0.25) is 0 Å².